The van der Waals surface area contributed by atoms with Crippen LogP contribution in [0.4, 0.5) is 5.69 Å². The molecule has 1 unspecified atom stereocenters. The summed E-state index contributed by atoms with van der Waals surface area (Å²) in [7, 11) is 1.60. The van der Waals surface area contributed by atoms with E-state index < -0.39 is 11.8 Å². The molecule has 5 heteroatoms. The number of carbonyl (C=O) groups is 2. The van der Waals surface area contributed by atoms with E-state index in [1.54, 1.807) is 19.2 Å². The predicted molar refractivity (Wildman–Crippen MR) is 103 cm³/mol. The van der Waals surface area contributed by atoms with Crippen molar-refractivity contribution in [1.29, 1.82) is 0 Å². The van der Waals surface area contributed by atoms with E-state index in [1.165, 1.54) is 0 Å². The summed E-state index contributed by atoms with van der Waals surface area (Å²) in [4.78, 5) is 24.3. The third kappa shape index (κ3) is 5.09. The Morgan fingerprint density at radius 2 is 1.50 bits per heavy atom. The number of carbonyl (C=O) groups excluding carboxylic acids is 2. The molecule has 1 atom stereocenters. The first-order valence-electron chi connectivity index (χ1n) is 8.57. The standard InChI is InChI=1S/C21H26N2O3/c1-14(15-6-12-18(26-5)13-7-15)22-19(24)20(25)23-17-10-8-16(9-11-17)21(2,3)4/h6-14H,1-5H3,(H,22,24)(H,23,25). The number of benzene rings is 2. The molecule has 0 bridgehead atoms. The van der Waals surface area contributed by atoms with Crippen LogP contribution in [0.25, 0.3) is 0 Å². The number of methoxy groups -OCH3 is 1. The van der Waals surface area contributed by atoms with Gasteiger partial charge in [-0.05, 0) is 47.7 Å². The van der Waals surface area contributed by atoms with Crippen LogP contribution in [-0.4, -0.2) is 18.9 Å². The smallest absolute Gasteiger partial charge is 0.313 e. The molecule has 0 saturated heterocycles. The fraction of sp³-hybridized carbons (Fsp3) is 0.333. The van der Waals surface area contributed by atoms with Crippen LogP contribution in [0.3, 0.4) is 0 Å². The van der Waals surface area contributed by atoms with Crippen LogP contribution in [0.2, 0.25) is 0 Å². The number of ether oxygens (including phenoxy) is 1. The van der Waals surface area contributed by atoms with E-state index >= 15 is 0 Å². The van der Waals surface area contributed by atoms with Crippen molar-refractivity contribution in [3.63, 3.8) is 0 Å². The normalized spacial score (nSPS) is 12.2. The number of nitrogens with one attached hydrogen (secondary N) is 2. The van der Waals surface area contributed by atoms with Gasteiger partial charge in [-0.15, -0.1) is 0 Å². The maximum atomic E-state index is 12.1. The first-order chi connectivity index (χ1) is 12.2. The van der Waals surface area contributed by atoms with Crippen LogP contribution in [0.15, 0.2) is 48.5 Å². The summed E-state index contributed by atoms with van der Waals surface area (Å²) < 4.78 is 5.11. The van der Waals surface area contributed by atoms with E-state index in [0.717, 1.165) is 16.9 Å². The van der Waals surface area contributed by atoms with E-state index in [1.807, 2.05) is 43.3 Å². The van der Waals surface area contributed by atoms with Crippen LogP contribution in [-0.2, 0) is 15.0 Å². The largest absolute Gasteiger partial charge is 0.497 e. The van der Waals surface area contributed by atoms with Gasteiger partial charge in [-0.1, -0.05) is 45.0 Å². The summed E-state index contributed by atoms with van der Waals surface area (Å²) in [6, 6.07) is 14.6. The molecule has 2 amide bonds. The van der Waals surface area contributed by atoms with Crippen LogP contribution in [0, 0.1) is 0 Å². The fourth-order valence-corrected chi connectivity index (χ4v) is 2.48. The zero-order valence-corrected chi connectivity index (χ0v) is 15.9. The minimum atomic E-state index is -0.686. The Morgan fingerprint density at radius 1 is 0.923 bits per heavy atom. The summed E-state index contributed by atoms with van der Waals surface area (Å²) >= 11 is 0. The molecule has 0 aromatic heterocycles. The third-order valence-electron chi connectivity index (χ3n) is 4.18. The van der Waals surface area contributed by atoms with E-state index in [9.17, 15) is 9.59 Å². The number of hydrogen-bond acceptors (Lipinski definition) is 3. The number of rotatable bonds is 4. The van der Waals surface area contributed by atoms with Crippen LogP contribution >= 0.6 is 0 Å². The predicted octanol–water partition coefficient (Wildman–Crippen LogP) is 3.81. The maximum Gasteiger partial charge on any atom is 0.313 e. The molecular formula is C21H26N2O3. The highest BCUT2D eigenvalue weighted by Crippen LogP contribution is 2.23. The SMILES string of the molecule is COc1ccc(C(C)NC(=O)C(=O)Nc2ccc(C(C)(C)C)cc2)cc1. The van der Waals surface area contributed by atoms with Crippen molar-refractivity contribution in [2.45, 2.75) is 39.2 Å². The lowest BCUT2D eigenvalue weighted by Crippen LogP contribution is -2.36. The van der Waals surface area contributed by atoms with Gasteiger partial charge in [-0.2, -0.15) is 0 Å². The first-order valence-corrected chi connectivity index (χ1v) is 8.57. The average Bonchev–Trinajstić information content (AvgIpc) is 2.61. The summed E-state index contributed by atoms with van der Waals surface area (Å²) in [5.41, 5.74) is 2.68. The molecule has 2 aromatic rings. The second-order valence-corrected chi connectivity index (χ2v) is 7.25. The Bertz CT molecular complexity index is 759. The topological polar surface area (TPSA) is 67.4 Å². The molecule has 0 heterocycles. The minimum absolute atomic E-state index is 0.0354. The van der Waals surface area contributed by atoms with Crippen LogP contribution in [0.5, 0.6) is 5.75 Å². The monoisotopic (exact) mass is 354 g/mol. The van der Waals surface area contributed by atoms with Crippen LogP contribution < -0.4 is 15.4 Å². The maximum absolute atomic E-state index is 12.1. The highest BCUT2D eigenvalue weighted by molar-refractivity contribution is 6.39. The molecule has 0 spiro atoms. The lowest BCUT2D eigenvalue weighted by molar-refractivity contribution is -0.136. The van der Waals surface area contributed by atoms with Gasteiger partial charge in [0.2, 0.25) is 0 Å². The van der Waals surface area contributed by atoms with Crippen molar-refractivity contribution in [3.05, 3.63) is 59.7 Å². The van der Waals surface area contributed by atoms with Gasteiger partial charge < -0.3 is 15.4 Å². The number of hydrogen-bond donors (Lipinski definition) is 2. The van der Waals surface area contributed by atoms with Crippen molar-refractivity contribution >= 4 is 17.5 Å². The number of anilines is 1. The zero-order valence-electron chi connectivity index (χ0n) is 15.9. The third-order valence-corrected chi connectivity index (χ3v) is 4.18. The Balaban J connectivity index is 1.95. The molecule has 0 aliphatic carbocycles. The van der Waals surface area contributed by atoms with Crippen molar-refractivity contribution < 1.29 is 14.3 Å². The summed E-state index contributed by atoms with van der Waals surface area (Å²) in [5, 5.41) is 5.32. The molecule has 138 valence electrons. The first kappa shape index (κ1) is 19.5. The fourth-order valence-electron chi connectivity index (χ4n) is 2.48. The highest BCUT2D eigenvalue weighted by atomic mass is 16.5. The van der Waals surface area contributed by atoms with Crippen molar-refractivity contribution in [1.82, 2.24) is 5.32 Å². The van der Waals surface area contributed by atoms with Gasteiger partial charge in [-0.25, -0.2) is 0 Å². The lowest BCUT2D eigenvalue weighted by Gasteiger charge is -2.19. The summed E-state index contributed by atoms with van der Waals surface area (Å²) in [5.74, 6) is -0.620. The van der Waals surface area contributed by atoms with E-state index in [2.05, 4.69) is 31.4 Å². The molecule has 26 heavy (non-hydrogen) atoms. The lowest BCUT2D eigenvalue weighted by atomic mass is 9.87. The highest BCUT2D eigenvalue weighted by Gasteiger charge is 2.18. The van der Waals surface area contributed by atoms with E-state index in [-0.39, 0.29) is 11.5 Å². The molecule has 0 aliphatic heterocycles. The summed E-state index contributed by atoms with van der Waals surface area (Å²) in [6.45, 7) is 8.18. The van der Waals surface area contributed by atoms with E-state index in [4.69, 9.17) is 4.74 Å². The molecular weight excluding hydrogens is 328 g/mol. The molecule has 2 aromatic carbocycles. The molecule has 0 aliphatic rings. The van der Waals surface area contributed by atoms with Gasteiger partial charge in [0.1, 0.15) is 5.75 Å². The minimum Gasteiger partial charge on any atom is -0.497 e. The van der Waals surface area contributed by atoms with Gasteiger partial charge in [0.05, 0.1) is 13.2 Å². The van der Waals surface area contributed by atoms with Crippen molar-refractivity contribution in [2.75, 3.05) is 12.4 Å². The molecule has 5 nitrogen and oxygen atoms in total. The molecule has 2 N–H and O–H groups in total. The van der Waals surface area contributed by atoms with Gasteiger partial charge in [0.25, 0.3) is 0 Å². The molecule has 0 radical (unpaired) electrons. The Hall–Kier alpha value is -2.82. The summed E-state index contributed by atoms with van der Waals surface area (Å²) in [6.07, 6.45) is 0. The Labute approximate surface area is 154 Å². The molecule has 0 fully saturated rings. The van der Waals surface area contributed by atoms with Crippen molar-refractivity contribution in [3.8, 4) is 5.75 Å². The zero-order chi connectivity index (χ0) is 19.3. The molecule has 0 saturated carbocycles. The second-order valence-electron chi connectivity index (χ2n) is 7.25. The quantitative estimate of drug-likeness (QED) is 0.821. The molecule has 2 rings (SSSR count). The average molecular weight is 354 g/mol. The van der Waals surface area contributed by atoms with Gasteiger partial charge in [0.15, 0.2) is 0 Å². The van der Waals surface area contributed by atoms with Gasteiger partial charge in [-0.3, -0.25) is 9.59 Å². The van der Waals surface area contributed by atoms with Crippen molar-refractivity contribution in [2.24, 2.45) is 0 Å². The van der Waals surface area contributed by atoms with Crippen LogP contribution in [0.1, 0.15) is 44.9 Å². The number of amides is 2. The van der Waals surface area contributed by atoms with Gasteiger partial charge in [0, 0.05) is 5.69 Å². The Morgan fingerprint density at radius 3 is 2.00 bits per heavy atom. The van der Waals surface area contributed by atoms with Gasteiger partial charge >= 0.3 is 11.8 Å². The van der Waals surface area contributed by atoms with E-state index in [0.29, 0.717) is 5.69 Å². The second kappa shape index (κ2) is 8.04. The Kier molecular flexibility index (Phi) is 6.03.